The largest absolute Gasteiger partial charge is 0.0636 e. The van der Waals surface area contributed by atoms with Crippen LogP contribution in [-0.4, -0.2) is 0 Å². The van der Waals surface area contributed by atoms with Gasteiger partial charge in [-0.25, -0.2) is 0 Å². The predicted molar refractivity (Wildman–Crippen MR) is 108 cm³/mol. The van der Waals surface area contributed by atoms with Crippen molar-refractivity contribution in [3.05, 3.63) is 22.3 Å². The lowest BCUT2D eigenvalue weighted by Gasteiger charge is -2.45. The van der Waals surface area contributed by atoms with E-state index < -0.39 is 0 Å². The standard InChI is InChI=1S/C25H40/c1-15(2)19-11-12-25(6)14-23-17(4)7-9-20-16(3)8-10-21(20)18(5)22(23)13-24(19)25/h15-17,19-20,24H,7-14H2,1-6H3/t16-,17+,19-,20-,24+,25-/m1/s1. The highest BCUT2D eigenvalue weighted by Crippen LogP contribution is 2.61. The number of hydrogen-bond acceptors (Lipinski definition) is 0. The highest BCUT2D eigenvalue weighted by molar-refractivity contribution is 5.44. The summed E-state index contributed by atoms with van der Waals surface area (Å²) in [7, 11) is 0. The maximum atomic E-state index is 2.64. The molecule has 0 aliphatic heterocycles. The van der Waals surface area contributed by atoms with Crippen LogP contribution in [-0.2, 0) is 0 Å². The first kappa shape index (κ1) is 17.9. The minimum Gasteiger partial charge on any atom is -0.0636 e. The second-order valence-electron chi connectivity index (χ2n) is 10.8. The van der Waals surface area contributed by atoms with Crippen LogP contribution >= 0.6 is 0 Å². The van der Waals surface area contributed by atoms with Crippen LogP contribution in [0.25, 0.3) is 0 Å². The van der Waals surface area contributed by atoms with Crippen molar-refractivity contribution in [2.45, 2.75) is 92.9 Å². The van der Waals surface area contributed by atoms with E-state index >= 15 is 0 Å². The second kappa shape index (κ2) is 6.28. The molecule has 0 nitrogen and oxygen atoms in total. The molecule has 0 aromatic heterocycles. The quantitative estimate of drug-likeness (QED) is 0.462. The smallest absolute Gasteiger partial charge is 0.0171 e. The van der Waals surface area contributed by atoms with E-state index in [1.165, 1.54) is 51.4 Å². The van der Waals surface area contributed by atoms with Gasteiger partial charge in [-0.3, -0.25) is 0 Å². The van der Waals surface area contributed by atoms with E-state index in [1.54, 1.807) is 5.57 Å². The molecular formula is C25H40. The molecule has 0 radical (unpaired) electrons. The van der Waals surface area contributed by atoms with Crippen molar-refractivity contribution in [1.82, 2.24) is 0 Å². The zero-order valence-electron chi connectivity index (χ0n) is 17.6. The van der Waals surface area contributed by atoms with Crippen LogP contribution in [0.1, 0.15) is 92.9 Å². The first-order valence-corrected chi connectivity index (χ1v) is 11.2. The molecule has 0 heteroatoms. The summed E-state index contributed by atoms with van der Waals surface area (Å²) in [6.45, 7) is 15.2. The monoisotopic (exact) mass is 340 g/mol. The molecule has 2 fully saturated rings. The van der Waals surface area contributed by atoms with Crippen molar-refractivity contribution in [3.63, 3.8) is 0 Å². The Hall–Kier alpha value is -0.520. The number of fused-ring (bicyclic) bond motifs is 2. The normalized spacial score (nSPS) is 44.5. The van der Waals surface area contributed by atoms with Crippen molar-refractivity contribution >= 4 is 0 Å². The average Bonchev–Trinajstić information content (AvgIpc) is 3.09. The first-order chi connectivity index (χ1) is 11.8. The van der Waals surface area contributed by atoms with Crippen molar-refractivity contribution in [2.75, 3.05) is 0 Å². The fraction of sp³-hybridized carbons (Fsp3) is 0.840. The number of allylic oxidation sites excluding steroid dienone is 4. The van der Waals surface area contributed by atoms with Gasteiger partial charge in [-0.05, 0) is 110 Å². The van der Waals surface area contributed by atoms with Gasteiger partial charge in [-0.2, -0.15) is 0 Å². The van der Waals surface area contributed by atoms with Crippen LogP contribution in [0, 0.1) is 40.9 Å². The van der Waals surface area contributed by atoms with Gasteiger partial charge < -0.3 is 0 Å². The molecule has 0 heterocycles. The predicted octanol–water partition coefficient (Wildman–Crippen LogP) is 7.56. The first-order valence-electron chi connectivity index (χ1n) is 11.2. The van der Waals surface area contributed by atoms with Crippen LogP contribution in [0.15, 0.2) is 22.3 Å². The summed E-state index contributed by atoms with van der Waals surface area (Å²) < 4.78 is 0. The molecule has 0 N–H and O–H groups in total. The third kappa shape index (κ3) is 2.78. The summed E-state index contributed by atoms with van der Waals surface area (Å²) in [4.78, 5) is 0. The third-order valence-corrected chi connectivity index (χ3v) is 9.17. The molecule has 4 aliphatic rings. The fourth-order valence-corrected chi connectivity index (χ4v) is 7.41. The summed E-state index contributed by atoms with van der Waals surface area (Å²) in [5, 5.41) is 0. The Labute approximate surface area is 156 Å². The topological polar surface area (TPSA) is 0 Å². The van der Waals surface area contributed by atoms with E-state index in [1.807, 2.05) is 16.7 Å². The van der Waals surface area contributed by atoms with Crippen LogP contribution in [0.2, 0.25) is 0 Å². The molecule has 2 saturated carbocycles. The molecule has 0 amide bonds. The minimum absolute atomic E-state index is 0.592. The molecule has 0 aromatic carbocycles. The number of rotatable bonds is 1. The van der Waals surface area contributed by atoms with E-state index in [0.29, 0.717) is 5.41 Å². The van der Waals surface area contributed by atoms with Crippen LogP contribution in [0.5, 0.6) is 0 Å². The van der Waals surface area contributed by atoms with E-state index in [4.69, 9.17) is 0 Å². The summed E-state index contributed by atoms with van der Waals surface area (Å²) in [5.41, 5.74) is 7.94. The molecule has 140 valence electrons. The Bertz CT molecular complexity index is 604. The van der Waals surface area contributed by atoms with Gasteiger partial charge in [-0.1, -0.05) is 45.8 Å². The van der Waals surface area contributed by atoms with Gasteiger partial charge in [0, 0.05) is 0 Å². The van der Waals surface area contributed by atoms with Crippen molar-refractivity contribution < 1.29 is 0 Å². The van der Waals surface area contributed by atoms with Gasteiger partial charge in [0.25, 0.3) is 0 Å². The zero-order valence-corrected chi connectivity index (χ0v) is 17.6. The average molecular weight is 341 g/mol. The van der Waals surface area contributed by atoms with E-state index in [-0.39, 0.29) is 0 Å². The van der Waals surface area contributed by atoms with Gasteiger partial charge in [-0.15, -0.1) is 0 Å². The van der Waals surface area contributed by atoms with Gasteiger partial charge >= 0.3 is 0 Å². The Morgan fingerprint density at radius 1 is 1.00 bits per heavy atom. The zero-order chi connectivity index (χ0) is 17.9. The van der Waals surface area contributed by atoms with Crippen molar-refractivity contribution in [2.24, 2.45) is 40.9 Å². The Morgan fingerprint density at radius 3 is 2.48 bits per heavy atom. The van der Waals surface area contributed by atoms with Crippen LogP contribution in [0.4, 0.5) is 0 Å². The van der Waals surface area contributed by atoms with Gasteiger partial charge in [0.2, 0.25) is 0 Å². The fourth-order valence-electron chi connectivity index (χ4n) is 7.41. The van der Waals surface area contributed by atoms with E-state index in [2.05, 4.69) is 41.5 Å². The SMILES string of the molecule is CC1=C2CC[C@@H](C)[C@H]2CC[C@H](C)C2=C1C[C@H]1[C@@H](C(C)C)CC[C@]1(C)C2. The molecule has 25 heavy (non-hydrogen) atoms. The summed E-state index contributed by atoms with van der Waals surface area (Å²) in [5.74, 6) is 5.38. The second-order valence-corrected chi connectivity index (χ2v) is 10.8. The highest BCUT2D eigenvalue weighted by atomic mass is 14.5. The molecule has 4 rings (SSSR count). The third-order valence-electron chi connectivity index (χ3n) is 9.17. The molecule has 0 saturated heterocycles. The van der Waals surface area contributed by atoms with E-state index in [9.17, 15) is 0 Å². The lowest BCUT2D eigenvalue weighted by Crippen LogP contribution is -2.34. The van der Waals surface area contributed by atoms with Gasteiger partial charge in [0.05, 0.1) is 0 Å². The Kier molecular flexibility index (Phi) is 4.49. The molecular weight excluding hydrogens is 300 g/mol. The summed E-state index contributed by atoms with van der Waals surface area (Å²) >= 11 is 0. The molecule has 0 aromatic rings. The summed E-state index contributed by atoms with van der Waals surface area (Å²) in [6.07, 6.45) is 11.4. The van der Waals surface area contributed by atoms with Crippen LogP contribution in [0.3, 0.4) is 0 Å². The Morgan fingerprint density at radius 2 is 1.76 bits per heavy atom. The highest BCUT2D eigenvalue weighted by Gasteiger charge is 2.50. The molecule has 4 aliphatic carbocycles. The van der Waals surface area contributed by atoms with Crippen molar-refractivity contribution in [3.8, 4) is 0 Å². The maximum absolute atomic E-state index is 2.64. The minimum atomic E-state index is 0.592. The lowest BCUT2D eigenvalue weighted by atomic mass is 9.60. The van der Waals surface area contributed by atoms with Gasteiger partial charge in [0.1, 0.15) is 0 Å². The van der Waals surface area contributed by atoms with Crippen molar-refractivity contribution in [1.29, 1.82) is 0 Å². The summed E-state index contributed by atoms with van der Waals surface area (Å²) in [6, 6.07) is 0. The van der Waals surface area contributed by atoms with E-state index in [0.717, 1.165) is 35.5 Å². The maximum Gasteiger partial charge on any atom is -0.0171 e. The molecule has 0 spiro atoms. The molecule has 0 bridgehead atoms. The number of hydrogen-bond donors (Lipinski definition) is 0. The molecule has 6 atom stereocenters. The van der Waals surface area contributed by atoms with Gasteiger partial charge in [0.15, 0.2) is 0 Å². The van der Waals surface area contributed by atoms with Crippen LogP contribution < -0.4 is 0 Å². The lowest BCUT2D eigenvalue weighted by molar-refractivity contribution is 0.146. The molecule has 0 unspecified atom stereocenters. The Balaban J connectivity index is 1.77.